The van der Waals surface area contributed by atoms with Gasteiger partial charge in [-0.3, -0.25) is 0 Å². The summed E-state index contributed by atoms with van der Waals surface area (Å²) in [5.74, 6) is -0.0737. The number of halogens is 2. The number of hydrogen-bond acceptors (Lipinski definition) is 4. The van der Waals surface area contributed by atoms with Gasteiger partial charge in [0.15, 0.2) is 0 Å². The number of rotatable bonds is 3. The van der Waals surface area contributed by atoms with E-state index in [9.17, 15) is 10.1 Å². The van der Waals surface area contributed by atoms with Gasteiger partial charge in [0.1, 0.15) is 11.9 Å². The second kappa shape index (κ2) is 5.79. The van der Waals surface area contributed by atoms with Gasteiger partial charge in [-0.2, -0.15) is 4.40 Å². The minimum absolute atomic E-state index is 0.0737. The smallest absolute Gasteiger partial charge is 0.350 e. The first-order valence-corrected chi connectivity index (χ1v) is 7.79. The molecular weight excluding hydrogens is 345 g/mol. The molecule has 8 heteroatoms. The molecule has 0 spiro atoms. The molecule has 0 atom stereocenters. The molecule has 0 fully saturated rings. The van der Waals surface area contributed by atoms with Crippen LogP contribution in [0.15, 0.2) is 46.3 Å². The van der Waals surface area contributed by atoms with Crippen LogP contribution in [0.25, 0.3) is 5.65 Å². The second-order valence-corrected chi connectivity index (χ2v) is 6.54. The maximum Gasteiger partial charge on any atom is 0.350 e. The van der Waals surface area contributed by atoms with Crippen molar-refractivity contribution in [2.75, 3.05) is 0 Å². The summed E-state index contributed by atoms with van der Waals surface area (Å²) in [6.45, 7) is 1.61. The Balaban J connectivity index is 2.15. The number of nitro groups is 1. The van der Waals surface area contributed by atoms with Crippen molar-refractivity contribution in [3.63, 3.8) is 0 Å². The molecule has 3 aromatic rings. The van der Waals surface area contributed by atoms with Crippen molar-refractivity contribution in [1.82, 2.24) is 9.38 Å². The molecule has 22 heavy (non-hydrogen) atoms. The van der Waals surface area contributed by atoms with Gasteiger partial charge in [0.05, 0.1) is 9.92 Å². The van der Waals surface area contributed by atoms with Crippen LogP contribution in [0.1, 0.15) is 5.69 Å². The minimum Gasteiger partial charge on any atom is -0.358 e. The Hall–Kier alpha value is -1.76. The van der Waals surface area contributed by atoms with E-state index in [1.54, 1.807) is 25.1 Å². The van der Waals surface area contributed by atoms with Crippen molar-refractivity contribution in [1.29, 1.82) is 0 Å². The van der Waals surface area contributed by atoms with E-state index in [0.29, 0.717) is 21.4 Å². The molecule has 2 aromatic heterocycles. The normalized spacial score (nSPS) is 11.0. The summed E-state index contributed by atoms with van der Waals surface area (Å²) in [6.07, 6.45) is 1.50. The van der Waals surface area contributed by atoms with E-state index in [1.807, 2.05) is 12.1 Å². The van der Waals surface area contributed by atoms with Gasteiger partial charge in [0, 0.05) is 9.92 Å². The summed E-state index contributed by atoms with van der Waals surface area (Å²) in [5, 5.41) is 12.2. The molecule has 0 aliphatic rings. The molecule has 0 aliphatic heterocycles. The topological polar surface area (TPSA) is 60.4 Å². The first-order chi connectivity index (χ1) is 10.5. The highest BCUT2D eigenvalue weighted by atomic mass is 35.5. The van der Waals surface area contributed by atoms with E-state index < -0.39 is 4.92 Å². The van der Waals surface area contributed by atoms with Crippen LogP contribution in [0.2, 0.25) is 10.0 Å². The predicted molar refractivity (Wildman–Crippen MR) is 87.2 cm³/mol. The highest BCUT2D eigenvalue weighted by Crippen LogP contribution is 2.35. The van der Waals surface area contributed by atoms with Gasteiger partial charge in [-0.15, -0.1) is 0 Å². The first kappa shape index (κ1) is 15.1. The third-order valence-electron chi connectivity index (χ3n) is 3.01. The van der Waals surface area contributed by atoms with Gasteiger partial charge in [-0.1, -0.05) is 35.0 Å². The summed E-state index contributed by atoms with van der Waals surface area (Å²) in [7, 11) is 0. The zero-order valence-electron chi connectivity index (χ0n) is 11.3. The number of nitrogens with zero attached hydrogens (tertiary/aromatic N) is 3. The Kier molecular flexibility index (Phi) is 3.99. The van der Waals surface area contributed by atoms with Gasteiger partial charge in [-0.25, -0.2) is 4.98 Å². The Morgan fingerprint density at radius 2 is 1.91 bits per heavy atom. The number of benzene rings is 1. The molecule has 0 saturated heterocycles. The lowest BCUT2D eigenvalue weighted by atomic mass is 10.4. The molecule has 0 saturated carbocycles. The Morgan fingerprint density at radius 3 is 2.55 bits per heavy atom. The van der Waals surface area contributed by atoms with Crippen LogP contribution in [0.5, 0.6) is 0 Å². The zero-order chi connectivity index (χ0) is 15.9. The Bertz CT molecular complexity index is 878. The number of pyridine rings is 1. The van der Waals surface area contributed by atoms with E-state index in [0.717, 1.165) is 9.79 Å². The van der Waals surface area contributed by atoms with Gasteiger partial charge in [0.25, 0.3) is 0 Å². The highest BCUT2D eigenvalue weighted by Gasteiger charge is 2.22. The predicted octanol–water partition coefficient (Wildman–Crippen LogP) is 5.01. The van der Waals surface area contributed by atoms with Crippen molar-refractivity contribution < 1.29 is 4.92 Å². The Labute approximate surface area is 140 Å². The molecule has 1 aromatic carbocycles. The lowest BCUT2D eigenvalue weighted by Gasteiger charge is -2.03. The van der Waals surface area contributed by atoms with E-state index in [2.05, 4.69) is 4.98 Å². The number of hydrogen-bond donors (Lipinski definition) is 0. The summed E-state index contributed by atoms with van der Waals surface area (Å²) >= 11 is 13.4. The minimum atomic E-state index is -0.456. The number of fused-ring (bicyclic) bond motifs is 1. The molecule has 112 valence electrons. The SMILES string of the molecule is Cc1nc2c(Sc3ccc(Cl)cc3)cc(Cl)cn2c1[N+](=O)[O-]. The first-order valence-electron chi connectivity index (χ1n) is 6.21. The highest BCUT2D eigenvalue weighted by molar-refractivity contribution is 7.99. The summed E-state index contributed by atoms with van der Waals surface area (Å²) < 4.78 is 1.41. The molecule has 0 bridgehead atoms. The van der Waals surface area contributed by atoms with E-state index >= 15 is 0 Å². The van der Waals surface area contributed by atoms with Crippen LogP contribution in [0.4, 0.5) is 5.82 Å². The van der Waals surface area contributed by atoms with Gasteiger partial charge < -0.3 is 10.1 Å². The molecule has 0 aliphatic carbocycles. The van der Waals surface area contributed by atoms with Gasteiger partial charge >= 0.3 is 5.82 Å². The fourth-order valence-corrected chi connectivity index (χ4v) is 3.45. The maximum absolute atomic E-state index is 11.2. The van der Waals surface area contributed by atoms with Crippen molar-refractivity contribution in [2.24, 2.45) is 0 Å². The van der Waals surface area contributed by atoms with Crippen LogP contribution in [-0.4, -0.2) is 14.3 Å². The lowest BCUT2D eigenvalue weighted by molar-refractivity contribution is -0.390. The average molecular weight is 354 g/mol. The number of aromatic nitrogens is 2. The largest absolute Gasteiger partial charge is 0.358 e. The van der Waals surface area contributed by atoms with Crippen molar-refractivity contribution >= 4 is 46.4 Å². The molecule has 0 unspecified atom stereocenters. The van der Waals surface area contributed by atoms with E-state index in [-0.39, 0.29) is 5.82 Å². The van der Waals surface area contributed by atoms with Crippen LogP contribution in [-0.2, 0) is 0 Å². The van der Waals surface area contributed by atoms with Crippen LogP contribution < -0.4 is 0 Å². The lowest BCUT2D eigenvalue weighted by Crippen LogP contribution is -1.96. The second-order valence-electron chi connectivity index (χ2n) is 4.55. The quantitative estimate of drug-likeness (QED) is 0.490. The van der Waals surface area contributed by atoms with E-state index in [1.165, 1.54) is 22.4 Å². The van der Waals surface area contributed by atoms with Crippen molar-refractivity contribution in [3.8, 4) is 0 Å². The van der Waals surface area contributed by atoms with Crippen LogP contribution >= 0.6 is 35.0 Å². The standard InChI is InChI=1S/C14H9Cl2N3O2S/c1-8-14(19(20)21)18-7-10(16)6-12(13(18)17-8)22-11-4-2-9(15)3-5-11/h2-7H,1H3. The molecule has 5 nitrogen and oxygen atoms in total. The number of imidazole rings is 1. The third-order valence-corrected chi connectivity index (χ3v) is 4.50. The summed E-state index contributed by atoms with van der Waals surface area (Å²) in [4.78, 5) is 16.7. The van der Waals surface area contributed by atoms with E-state index in [4.69, 9.17) is 23.2 Å². The molecular formula is C14H9Cl2N3O2S. The van der Waals surface area contributed by atoms with Crippen LogP contribution in [0.3, 0.4) is 0 Å². The molecule has 3 rings (SSSR count). The Morgan fingerprint density at radius 1 is 1.23 bits per heavy atom. The number of aryl methyl sites for hydroxylation is 1. The maximum atomic E-state index is 11.2. The zero-order valence-corrected chi connectivity index (χ0v) is 13.6. The average Bonchev–Trinajstić information content (AvgIpc) is 2.77. The summed E-state index contributed by atoms with van der Waals surface area (Å²) in [6, 6.07) is 9.05. The monoisotopic (exact) mass is 353 g/mol. The van der Waals surface area contributed by atoms with Crippen LogP contribution in [0, 0.1) is 17.0 Å². The molecule has 2 heterocycles. The summed E-state index contributed by atoms with van der Waals surface area (Å²) in [5.41, 5.74) is 0.860. The molecule has 0 N–H and O–H groups in total. The van der Waals surface area contributed by atoms with Gasteiger partial charge in [0.2, 0.25) is 5.65 Å². The molecule has 0 amide bonds. The fourth-order valence-electron chi connectivity index (χ4n) is 2.11. The van der Waals surface area contributed by atoms with Crippen molar-refractivity contribution in [2.45, 2.75) is 16.7 Å². The molecule has 0 radical (unpaired) electrons. The third kappa shape index (κ3) is 2.77. The fraction of sp³-hybridized carbons (Fsp3) is 0.0714. The van der Waals surface area contributed by atoms with Gasteiger partial charge in [-0.05, 0) is 42.2 Å². The van der Waals surface area contributed by atoms with Crippen molar-refractivity contribution in [3.05, 3.63) is 62.4 Å².